The van der Waals surface area contributed by atoms with Crippen molar-refractivity contribution in [1.29, 1.82) is 0 Å². The highest BCUT2D eigenvalue weighted by atomic mass is 16.7. The number of hydrogen-bond acceptors (Lipinski definition) is 7. The monoisotopic (exact) mass is 333 g/mol. The molecule has 0 aliphatic rings. The molecule has 1 atom stereocenters. The second-order valence-electron chi connectivity index (χ2n) is 4.21. The Morgan fingerprint density at radius 1 is 1.35 bits per heavy atom. The van der Waals surface area contributed by atoms with Gasteiger partial charge in [0.15, 0.2) is 5.03 Å². The summed E-state index contributed by atoms with van der Waals surface area (Å²) in [5.41, 5.74) is 12.0. The number of rotatable bonds is 10. The van der Waals surface area contributed by atoms with Crippen LogP contribution in [-0.4, -0.2) is 59.6 Å². The summed E-state index contributed by atoms with van der Waals surface area (Å²) in [5.74, 6) is -2.90. The van der Waals surface area contributed by atoms with Crippen molar-refractivity contribution in [3.05, 3.63) is 10.1 Å². The number of hydrogen-bond donors (Lipinski definition) is 6. The van der Waals surface area contributed by atoms with Crippen molar-refractivity contribution in [2.45, 2.75) is 18.9 Å². The molecule has 13 heteroatoms. The lowest BCUT2D eigenvalue weighted by molar-refractivity contribution is -0.525. The molecule has 8 N–H and O–H groups in total. The summed E-state index contributed by atoms with van der Waals surface area (Å²) in [5, 5.41) is 22.2. The van der Waals surface area contributed by atoms with Gasteiger partial charge >= 0.3 is 5.97 Å². The third kappa shape index (κ3) is 10.4. The first-order valence-electron chi connectivity index (χ1n) is 6.46. The SMILES string of the molecule is NCC(=O)N[C@@H](CCCN=C(N)N[N+](=O)[O-])C(=O)NCC(=O)O. The van der Waals surface area contributed by atoms with E-state index in [4.69, 9.17) is 16.6 Å². The smallest absolute Gasteiger partial charge is 0.322 e. The number of hydrazine groups is 1. The zero-order valence-corrected chi connectivity index (χ0v) is 12.2. The van der Waals surface area contributed by atoms with Gasteiger partial charge in [0.25, 0.3) is 5.96 Å². The van der Waals surface area contributed by atoms with Crippen LogP contribution in [0.5, 0.6) is 0 Å². The van der Waals surface area contributed by atoms with Crippen LogP contribution in [-0.2, 0) is 14.4 Å². The first-order chi connectivity index (χ1) is 10.8. The van der Waals surface area contributed by atoms with E-state index < -0.39 is 41.4 Å². The van der Waals surface area contributed by atoms with E-state index >= 15 is 0 Å². The topological polar surface area (TPSA) is 215 Å². The average molecular weight is 333 g/mol. The van der Waals surface area contributed by atoms with E-state index in [1.54, 1.807) is 5.43 Å². The molecule has 0 unspecified atom stereocenters. The molecule has 0 heterocycles. The number of amides is 2. The predicted molar refractivity (Wildman–Crippen MR) is 77.5 cm³/mol. The van der Waals surface area contributed by atoms with Crippen LogP contribution in [0.4, 0.5) is 0 Å². The Labute approximate surface area is 130 Å². The lowest BCUT2D eigenvalue weighted by atomic mass is 10.1. The fourth-order valence-electron chi connectivity index (χ4n) is 1.43. The molecule has 130 valence electrons. The Morgan fingerprint density at radius 2 is 2.00 bits per heavy atom. The van der Waals surface area contributed by atoms with Crippen molar-refractivity contribution in [3.63, 3.8) is 0 Å². The van der Waals surface area contributed by atoms with E-state index in [1.165, 1.54) is 0 Å². The minimum Gasteiger partial charge on any atom is -0.480 e. The zero-order valence-electron chi connectivity index (χ0n) is 12.2. The number of carbonyl (C=O) groups is 3. The van der Waals surface area contributed by atoms with Gasteiger partial charge in [-0.25, -0.2) is 15.1 Å². The minimum atomic E-state index is -1.23. The molecule has 0 aromatic carbocycles. The number of nitrogens with one attached hydrogen (secondary N) is 3. The standard InChI is InChI=1S/C10H19N7O6/c11-4-7(18)15-6(9(21)14-5-8(19)20)2-1-3-13-10(12)16-17(22)23/h6H,1-5,11H2,(H,14,21)(H,15,18)(H,19,20)(H3,12,13,16)/t6-/m0/s1. The normalized spacial score (nSPS) is 12.1. The molecule has 0 bridgehead atoms. The van der Waals surface area contributed by atoms with Gasteiger partial charge in [0.2, 0.25) is 11.8 Å². The van der Waals surface area contributed by atoms with Crippen LogP contribution >= 0.6 is 0 Å². The molecule has 0 fully saturated rings. The quantitative estimate of drug-likeness (QED) is 0.0767. The van der Waals surface area contributed by atoms with E-state index in [1.807, 2.05) is 0 Å². The molecule has 13 nitrogen and oxygen atoms in total. The third-order valence-corrected chi connectivity index (χ3v) is 2.39. The van der Waals surface area contributed by atoms with Gasteiger partial charge in [-0.15, -0.1) is 0 Å². The van der Waals surface area contributed by atoms with Crippen molar-refractivity contribution in [2.24, 2.45) is 16.5 Å². The highest BCUT2D eigenvalue weighted by Crippen LogP contribution is 1.99. The number of aliphatic imine (C=N–C) groups is 1. The van der Waals surface area contributed by atoms with Gasteiger partial charge in [0.05, 0.1) is 6.54 Å². The molecule has 0 aliphatic carbocycles. The van der Waals surface area contributed by atoms with E-state index in [0.29, 0.717) is 0 Å². The van der Waals surface area contributed by atoms with E-state index in [-0.39, 0.29) is 25.9 Å². The molecule has 0 rings (SSSR count). The number of nitrogens with zero attached hydrogens (tertiary/aromatic N) is 2. The van der Waals surface area contributed by atoms with E-state index in [0.717, 1.165) is 0 Å². The van der Waals surface area contributed by atoms with Gasteiger partial charge < -0.3 is 27.2 Å². The second kappa shape index (κ2) is 10.7. The number of carboxylic acids is 1. The Morgan fingerprint density at radius 3 is 2.52 bits per heavy atom. The van der Waals surface area contributed by atoms with Crippen LogP contribution in [0.15, 0.2) is 4.99 Å². The first-order valence-corrected chi connectivity index (χ1v) is 6.46. The Kier molecular flexibility index (Phi) is 9.34. The summed E-state index contributed by atoms with van der Waals surface area (Å²) in [7, 11) is 0. The number of nitrogens with two attached hydrogens (primary N) is 2. The van der Waals surface area contributed by atoms with Crippen LogP contribution in [0.1, 0.15) is 12.8 Å². The Balaban J connectivity index is 4.46. The molecule has 0 saturated heterocycles. The maximum Gasteiger partial charge on any atom is 0.322 e. The molecule has 0 aromatic heterocycles. The Bertz CT molecular complexity index is 480. The lowest BCUT2D eigenvalue weighted by Crippen LogP contribution is -2.49. The van der Waals surface area contributed by atoms with Gasteiger partial charge in [-0.2, -0.15) is 0 Å². The van der Waals surface area contributed by atoms with Crippen LogP contribution in [0.3, 0.4) is 0 Å². The van der Waals surface area contributed by atoms with Crippen LogP contribution in [0.2, 0.25) is 0 Å². The van der Waals surface area contributed by atoms with Crippen molar-refractivity contribution in [3.8, 4) is 0 Å². The van der Waals surface area contributed by atoms with Crippen molar-refractivity contribution in [2.75, 3.05) is 19.6 Å². The third-order valence-electron chi connectivity index (χ3n) is 2.39. The summed E-state index contributed by atoms with van der Waals surface area (Å²) < 4.78 is 0. The number of aliphatic carboxylic acids is 1. The van der Waals surface area contributed by atoms with Crippen molar-refractivity contribution < 1.29 is 24.5 Å². The van der Waals surface area contributed by atoms with Crippen molar-refractivity contribution in [1.82, 2.24) is 16.1 Å². The second-order valence-corrected chi connectivity index (χ2v) is 4.21. The maximum atomic E-state index is 11.8. The Hall–Kier alpha value is -2.96. The van der Waals surface area contributed by atoms with E-state index in [9.17, 15) is 24.5 Å². The first kappa shape index (κ1) is 20.0. The number of guanidine groups is 1. The predicted octanol–water partition coefficient (Wildman–Crippen LogP) is -3.49. The number of carbonyl (C=O) groups excluding carboxylic acids is 2. The summed E-state index contributed by atoms with van der Waals surface area (Å²) in [6, 6.07) is -0.995. The fourth-order valence-corrected chi connectivity index (χ4v) is 1.43. The molecule has 0 aliphatic heterocycles. The highest BCUT2D eigenvalue weighted by Gasteiger charge is 2.20. The van der Waals surface area contributed by atoms with Crippen LogP contribution in [0, 0.1) is 10.1 Å². The largest absolute Gasteiger partial charge is 0.480 e. The summed E-state index contributed by atoms with van der Waals surface area (Å²) in [6.07, 6.45) is 0.378. The molecule has 23 heavy (non-hydrogen) atoms. The highest BCUT2D eigenvalue weighted by molar-refractivity contribution is 5.89. The molecule has 0 radical (unpaired) electrons. The molecule has 2 amide bonds. The van der Waals surface area contributed by atoms with Gasteiger partial charge in [0.1, 0.15) is 12.6 Å². The molecular formula is C10H19N7O6. The van der Waals surface area contributed by atoms with E-state index in [2.05, 4.69) is 15.6 Å². The summed E-state index contributed by atoms with van der Waals surface area (Å²) in [4.78, 5) is 47.2. The molecule has 0 aromatic rings. The van der Waals surface area contributed by atoms with Gasteiger partial charge in [-0.1, -0.05) is 5.43 Å². The van der Waals surface area contributed by atoms with Gasteiger partial charge in [0, 0.05) is 6.54 Å². The van der Waals surface area contributed by atoms with Gasteiger partial charge in [-0.05, 0) is 12.8 Å². The molecular weight excluding hydrogens is 314 g/mol. The van der Waals surface area contributed by atoms with Crippen LogP contribution in [0.25, 0.3) is 0 Å². The van der Waals surface area contributed by atoms with Crippen molar-refractivity contribution >= 4 is 23.7 Å². The average Bonchev–Trinajstić information content (AvgIpc) is 2.46. The molecule has 0 saturated carbocycles. The van der Waals surface area contributed by atoms with Crippen LogP contribution < -0.4 is 27.5 Å². The lowest BCUT2D eigenvalue weighted by Gasteiger charge is -2.17. The fraction of sp³-hybridized carbons (Fsp3) is 0.600. The zero-order chi connectivity index (χ0) is 17.8. The summed E-state index contributed by atoms with van der Waals surface area (Å²) >= 11 is 0. The minimum absolute atomic E-state index is 0.0634. The number of nitro groups is 1. The van der Waals surface area contributed by atoms with Gasteiger partial charge in [-0.3, -0.25) is 14.4 Å². The maximum absolute atomic E-state index is 11.8. The molecule has 0 spiro atoms. The number of carboxylic acid groups (broad SMARTS) is 1. The summed E-state index contributed by atoms with van der Waals surface area (Å²) in [6.45, 7) is -0.861.